The first-order chi connectivity index (χ1) is 9.56. The molecular weight excluding hydrogens is 260 g/mol. The number of rotatable bonds is 5. The molecule has 0 spiro atoms. The molecule has 2 N–H and O–H groups in total. The molecule has 1 aromatic carbocycles. The van der Waals surface area contributed by atoms with Crippen LogP contribution in [-0.2, 0) is 4.79 Å². The topological polar surface area (TPSA) is 80.7 Å². The number of carboxylic acids is 1. The van der Waals surface area contributed by atoms with Gasteiger partial charge in [-0.25, -0.2) is 4.98 Å². The number of fused-ring (bicyclic) bond motifs is 1. The van der Waals surface area contributed by atoms with Gasteiger partial charge in [-0.15, -0.1) is 0 Å². The van der Waals surface area contributed by atoms with Gasteiger partial charge in [-0.1, -0.05) is 0 Å². The monoisotopic (exact) mass is 276 g/mol. The van der Waals surface area contributed by atoms with Gasteiger partial charge in [0.1, 0.15) is 23.4 Å². The van der Waals surface area contributed by atoms with Crippen molar-refractivity contribution in [1.29, 1.82) is 0 Å². The Labute approximate surface area is 116 Å². The molecule has 1 aromatic heterocycles. The van der Waals surface area contributed by atoms with Crippen LogP contribution in [0.2, 0.25) is 0 Å². The minimum atomic E-state index is -0.946. The van der Waals surface area contributed by atoms with E-state index >= 15 is 0 Å². The van der Waals surface area contributed by atoms with E-state index in [0.29, 0.717) is 17.3 Å². The molecule has 0 aliphatic carbocycles. The lowest BCUT2D eigenvalue weighted by Gasteiger charge is -2.14. The summed E-state index contributed by atoms with van der Waals surface area (Å²) in [6.45, 7) is 1.56. The Morgan fingerprint density at radius 3 is 2.65 bits per heavy atom. The molecule has 0 aliphatic heterocycles. The summed E-state index contributed by atoms with van der Waals surface area (Å²) in [5, 5.41) is 13.4. The normalized spacial score (nSPS) is 11.9. The Bertz CT molecular complexity index is 642. The third-order valence-corrected chi connectivity index (χ3v) is 2.99. The number of hydrogen-bond donors (Lipinski definition) is 2. The quantitative estimate of drug-likeness (QED) is 0.870. The molecule has 0 fully saturated rings. The zero-order valence-electron chi connectivity index (χ0n) is 11.5. The van der Waals surface area contributed by atoms with Crippen LogP contribution in [0.5, 0.6) is 11.5 Å². The lowest BCUT2D eigenvalue weighted by molar-refractivity contribution is -0.137. The van der Waals surface area contributed by atoms with Crippen molar-refractivity contribution < 1.29 is 19.4 Å². The summed E-state index contributed by atoms with van der Waals surface area (Å²) in [5.41, 5.74) is 0. The van der Waals surface area contributed by atoms with Gasteiger partial charge < -0.3 is 19.9 Å². The molecule has 0 bridgehead atoms. The van der Waals surface area contributed by atoms with Gasteiger partial charge in [0.25, 0.3) is 0 Å². The standard InChI is InChI=1S/C14H16N2O4/c1-8(14(17)18)16-13-11-6-9(19-2)7-12(20-3)10(11)4-5-15-13/h4-8H,1-3H3,(H,15,16)(H,17,18). The number of anilines is 1. The summed E-state index contributed by atoms with van der Waals surface area (Å²) in [5.74, 6) is 0.800. The van der Waals surface area contributed by atoms with Crippen LogP contribution in [0.4, 0.5) is 5.82 Å². The minimum Gasteiger partial charge on any atom is -0.497 e. The molecule has 2 aromatic rings. The third-order valence-electron chi connectivity index (χ3n) is 2.99. The second-order valence-electron chi connectivity index (χ2n) is 4.29. The van der Waals surface area contributed by atoms with E-state index in [1.807, 2.05) is 6.07 Å². The molecule has 0 saturated heterocycles. The average Bonchev–Trinajstić information content (AvgIpc) is 2.46. The first-order valence-corrected chi connectivity index (χ1v) is 6.07. The van der Waals surface area contributed by atoms with Crippen LogP contribution < -0.4 is 14.8 Å². The lowest BCUT2D eigenvalue weighted by atomic mass is 10.1. The van der Waals surface area contributed by atoms with Crippen LogP contribution in [0.3, 0.4) is 0 Å². The number of benzene rings is 1. The average molecular weight is 276 g/mol. The number of carboxylic acid groups (broad SMARTS) is 1. The Morgan fingerprint density at radius 2 is 2.05 bits per heavy atom. The van der Waals surface area contributed by atoms with Crippen molar-refractivity contribution in [2.24, 2.45) is 0 Å². The molecule has 1 heterocycles. The third kappa shape index (κ3) is 2.59. The van der Waals surface area contributed by atoms with Gasteiger partial charge >= 0.3 is 5.97 Å². The number of ether oxygens (including phenoxy) is 2. The van der Waals surface area contributed by atoms with Crippen molar-refractivity contribution in [3.05, 3.63) is 24.4 Å². The number of nitrogens with one attached hydrogen (secondary N) is 1. The highest BCUT2D eigenvalue weighted by Crippen LogP contribution is 2.34. The van der Waals surface area contributed by atoms with E-state index in [4.69, 9.17) is 14.6 Å². The molecule has 0 radical (unpaired) electrons. The predicted octanol–water partition coefficient (Wildman–Crippen LogP) is 2.14. The van der Waals surface area contributed by atoms with E-state index < -0.39 is 12.0 Å². The highest BCUT2D eigenvalue weighted by atomic mass is 16.5. The largest absolute Gasteiger partial charge is 0.497 e. The molecule has 1 unspecified atom stereocenters. The maximum atomic E-state index is 10.9. The number of hydrogen-bond acceptors (Lipinski definition) is 5. The lowest BCUT2D eigenvalue weighted by Crippen LogP contribution is -2.25. The molecule has 20 heavy (non-hydrogen) atoms. The number of carbonyl (C=O) groups is 1. The molecule has 6 nitrogen and oxygen atoms in total. The van der Waals surface area contributed by atoms with E-state index in [1.54, 1.807) is 39.5 Å². The fourth-order valence-electron chi connectivity index (χ4n) is 1.89. The van der Waals surface area contributed by atoms with Gasteiger partial charge in [0.2, 0.25) is 0 Å². The Kier molecular flexibility index (Phi) is 3.93. The van der Waals surface area contributed by atoms with Crippen molar-refractivity contribution in [2.75, 3.05) is 19.5 Å². The van der Waals surface area contributed by atoms with Crippen molar-refractivity contribution in [1.82, 2.24) is 4.98 Å². The summed E-state index contributed by atoms with van der Waals surface area (Å²) in [6, 6.07) is 4.63. The first-order valence-electron chi connectivity index (χ1n) is 6.07. The number of nitrogens with zero attached hydrogens (tertiary/aromatic N) is 1. The SMILES string of the molecule is COc1cc(OC)c2ccnc(NC(C)C(=O)O)c2c1. The summed E-state index contributed by atoms with van der Waals surface area (Å²) in [7, 11) is 3.13. The van der Waals surface area contributed by atoms with Crippen molar-refractivity contribution >= 4 is 22.6 Å². The summed E-state index contributed by atoms with van der Waals surface area (Å²) >= 11 is 0. The second kappa shape index (κ2) is 5.64. The van der Waals surface area contributed by atoms with E-state index in [-0.39, 0.29) is 0 Å². The van der Waals surface area contributed by atoms with Crippen LogP contribution in [0.25, 0.3) is 10.8 Å². The van der Waals surface area contributed by atoms with Crippen LogP contribution in [-0.4, -0.2) is 36.3 Å². The molecular formula is C14H16N2O4. The van der Waals surface area contributed by atoms with Gasteiger partial charge in [0.15, 0.2) is 0 Å². The number of methoxy groups -OCH3 is 2. The summed E-state index contributed by atoms with van der Waals surface area (Å²) < 4.78 is 10.5. The number of pyridine rings is 1. The van der Waals surface area contributed by atoms with Gasteiger partial charge in [-0.05, 0) is 19.1 Å². The van der Waals surface area contributed by atoms with E-state index in [2.05, 4.69) is 10.3 Å². The van der Waals surface area contributed by atoms with Crippen LogP contribution in [0.15, 0.2) is 24.4 Å². The maximum absolute atomic E-state index is 10.9. The van der Waals surface area contributed by atoms with Crippen LogP contribution >= 0.6 is 0 Å². The molecule has 1 atom stereocenters. The minimum absolute atomic E-state index is 0.481. The van der Waals surface area contributed by atoms with E-state index in [1.165, 1.54) is 0 Å². The number of aromatic nitrogens is 1. The molecule has 0 aliphatic rings. The zero-order valence-corrected chi connectivity index (χ0v) is 11.5. The summed E-state index contributed by atoms with van der Waals surface area (Å²) in [4.78, 5) is 15.1. The fraction of sp³-hybridized carbons (Fsp3) is 0.286. The maximum Gasteiger partial charge on any atom is 0.325 e. The Morgan fingerprint density at radius 1 is 1.30 bits per heavy atom. The molecule has 0 amide bonds. The van der Waals surface area contributed by atoms with Crippen molar-refractivity contribution in [3.63, 3.8) is 0 Å². The summed E-state index contributed by atoms with van der Waals surface area (Å²) in [6.07, 6.45) is 1.61. The highest BCUT2D eigenvalue weighted by Gasteiger charge is 2.15. The van der Waals surface area contributed by atoms with Gasteiger partial charge in [-0.3, -0.25) is 4.79 Å². The predicted molar refractivity (Wildman–Crippen MR) is 75.6 cm³/mol. The van der Waals surface area contributed by atoms with Crippen molar-refractivity contribution in [3.8, 4) is 11.5 Å². The van der Waals surface area contributed by atoms with E-state index in [0.717, 1.165) is 10.8 Å². The van der Waals surface area contributed by atoms with Crippen molar-refractivity contribution in [2.45, 2.75) is 13.0 Å². The van der Waals surface area contributed by atoms with E-state index in [9.17, 15) is 4.79 Å². The fourth-order valence-corrected chi connectivity index (χ4v) is 1.89. The zero-order chi connectivity index (χ0) is 14.7. The van der Waals surface area contributed by atoms with Crippen LogP contribution in [0.1, 0.15) is 6.92 Å². The van der Waals surface area contributed by atoms with Crippen LogP contribution in [0, 0.1) is 0 Å². The smallest absolute Gasteiger partial charge is 0.325 e. The first kappa shape index (κ1) is 13.9. The van der Waals surface area contributed by atoms with Gasteiger partial charge in [-0.2, -0.15) is 0 Å². The Balaban J connectivity index is 2.58. The molecule has 0 saturated carbocycles. The van der Waals surface area contributed by atoms with Gasteiger partial charge in [0, 0.05) is 23.0 Å². The molecule has 106 valence electrons. The second-order valence-corrected chi connectivity index (χ2v) is 4.29. The number of aliphatic carboxylic acids is 1. The molecule has 6 heteroatoms. The highest BCUT2D eigenvalue weighted by molar-refractivity contribution is 5.97. The van der Waals surface area contributed by atoms with Gasteiger partial charge in [0.05, 0.1) is 14.2 Å². The Hall–Kier alpha value is -2.50. The molecule has 2 rings (SSSR count).